The number of aromatic nitrogens is 6. The van der Waals surface area contributed by atoms with E-state index in [0.29, 0.717) is 47.2 Å². The number of piperidine rings is 1. The van der Waals surface area contributed by atoms with Gasteiger partial charge in [0.1, 0.15) is 5.82 Å². The standard InChI is InChI=1S/C27H22F3N7O4/c28-20-10-21-22(9-19(20)15-3-1-7-31-11-15)37(18-4-2-8-35(14-18)27(39)40)26(38)36(21)13-17-6-5-16(12-32-17)24-33-34-25(41-24)23(29)30/h1,3,5-7,9-12,18,23H,2,4,8,13-14H2,(H,39,40)/t18-/m0/s1. The molecule has 0 unspecified atom stereocenters. The van der Waals surface area contributed by atoms with E-state index in [1.807, 2.05) is 0 Å². The average Bonchev–Trinajstić information content (AvgIpc) is 3.57. The maximum atomic E-state index is 15.4. The van der Waals surface area contributed by atoms with Crippen LogP contribution in [0.2, 0.25) is 0 Å². The Morgan fingerprint density at radius 2 is 1.98 bits per heavy atom. The number of alkyl halides is 2. The number of rotatable bonds is 6. The number of benzene rings is 1. The molecule has 0 saturated carbocycles. The van der Waals surface area contributed by atoms with Crippen LogP contribution in [0, 0.1) is 5.82 Å². The van der Waals surface area contributed by atoms with Crippen LogP contribution < -0.4 is 5.69 Å². The molecule has 41 heavy (non-hydrogen) atoms. The number of nitrogens with zero attached hydrogens (tertiary/aromatic N) is 7. The number of pyridine rings is 2. The number of imidazole rings is 1. The van der Waals surface area contributed by atoms with Crippen LogP contribution in [0.15, 0.2) is 64.2 Å². The van der Waals surface area contributed by atoms with Gasteiger partial charge in [-0.3, -0.25) is 19.1 Å². The lowest BCUT2D eigenvalue weighted by molar-refractivity contribution is 0.116. The van der Waals surface area contributed by atoms with E-state index >= 15 is 4.39 Å². The monoisotopic (exact) mass is 565 g/mol. The van der Waals surface area contributed by atoms with Gasteiger partial charge < -0.3 is 14.4 Å². The highest BCUT2D eigenvalue weighted by atomic mass is 19.3. The summed E-state index contributed by atoms with van der Waals surface area (Å²) in [5.41, 5.74) is 1.85. The topological polar surface area (TPSA) is 132 Å². The van der Waals surface area contributed by atoms with Gasteiger partial charge >= 0.3 is 18.2 Å². The van der Waals surface area contributed by atoms with Gasteiger partial charge in [0.05, 0.1) is 34.9 Å². The Hall–Kier alpha value is -5.01. The quantitative estimate of drug-likeness (QED) is 0.312. The van der Waals surface area contributed by atoms with Gasteiger partial charge in [-0.25, -0.2) is 14.0 Å². The molecule has 210 valence electrons. The molecule has 1 atom stereocenters. The van der Waals surface area contributed by atoms with Gasteiger partial charge in [0.15, 0.2) is 0 Å². The zero-order valence-corrected chi connectivity index (χ0v) is 21.3. The fourth-order valence-corrected chi connectivity index (χ4v) is 5.13. The van der Waals surface area contributed by atoms with Crippen LogP contribution >= 0.6 is 0 Å². The van der Waals surface area contributed by atoms with E-state index < -0.39 is 36.0 Å². The highest BCUT2D eigenvalue weighted by Crippen LogP contribution is 2.31. The summed E-state index contributed by atoms with van der Waals surface area (Å²) in [7, 11) is 0. The van der Waals surface area contributed by atoms with Crippen molar-refractivity contribution in [1.29, 1.82) is 0 Å². The average molecular weight is 566 g/mol. The molecule has 6 rings (SSSR count). The second-order valence-electron chi connectivity index (χ2n) is 9.61. The van der Waals surface area contributed by atoms with Crippen LogP contribution in [-0.2, 0) is 6.54 Å². The van der Waals surface area contributed by atoms with Crippen LogP contribution in [0.3, 0.4) is 0 Å². The first-order valence-corrected chi connectivity index (χ1v) is 12.7. The Labute approximate surface area is 229 Å². The van der Waals surface area contributed by atoms with Crippen molar-refractivity contribution < 1.29 is 27.5 Å². The molecule has 0 aliphatic carbocycles. The molecule has 14 heteroatoms. The normalized spacial score (nSPS) is 15.6. The summed E-state index contributed by atoms with van der Waals surface area (Å²) in [6.45, 7) is 0.450. The number of carbonyl (C=O) groups is 1. The first kappa shape index (κ1) is 26.2. The Morgan fingerprint density at radius 3 is 2.66 bits per heavy atom. The summed E-state index contributed by atoms with van der Waals surface area (Å²) in [6.07, 6.45) is 1.62. The minimum atomic E-state index is -2.90. The molecule has 1 aliphatic rings. The molecule has 1 amide bonds. The van der Waals surface area contributed by atoms with Gasteiger partial charge in [0, 0.05) is 48.9 Å². The minimum absolute atomic E-state index is 0.0320. The number of hydrogen-bond donors (Lipinski definition) is 1. The molecular formula is C27H22F3N7O4. The number of carboxylic acid groups (broad SMARTS) is 1. The van der Waals surface area contributed by atoms with Crippen LogP contribution in [-0.4, -0.2) is 58.5 Å². The number of amides is 1. The third kappa shape index (κ3) is 4.92. The van der Waals surface area contributed by atoms with Crippen LogP contribution in [0.1, 0.15) is 36.9 Å². The Morgan fingerprint density at radius 1 is 1.12 bits per heavy atom. The lowest BCUT2D eigenvalue weighted by Gasteiger charge is -2.31. The number of hydrogen-bond acceptors (Lipinski definition) is 7. The van der Waals surface area contributed by atoms with E-state index in [4.69, 9.17) is 4.42 Å². The second kappa shape index (κ2) is 10.5. The van der Waals surface area contributed by atoms with Crippen molar-refractivity contribution >= 4 is 17.1 Å². The van der Waals surface area contributed by atoms with E-state index in [1.165, 1.54) is 32.5 Å². The molecule has 1 saturated heterocycles. The maximum absolute atomic E-state index is 15.4. The molecule has 0 spiro atoms. The van der Waals surface area contributed by atoms with Gasteiger partial charge in [-0.15, -0.1) is 10.2 Å². The molecular weight excluding hydrogens is 543 g/mol. The van der Waals surface area contributed by atoms with Crippen molar-refractivity contribution in [2.75, 3.05) is 13.1 Å². The summed E-state index contributed by atoms with van der Waals surface area (Å²) in [6, 6.07) is 8.93. The Kier molecular flexibility index (Phi) is 6.73. The largest absolute Gasteiger partial charge is 0.465 e. The smallest absolute Gasteiger partial charge is 0.407 e. The molecule has 1 fully saturated rings. The van der Waals surface area contributed by atoms with Gasteiger partial charge in [0.2, 0.25) is 5.89 Å². The Bertz CT molecular complexity index is 1780. The number of likely N-dealkylation sites (tertiary alicyclic amines) is 1. The van der Waals surface area contributed by atoms with Crippen molar-refractivity contribution in [3.8, 4) is 22.6 Å². The predicted molar refractivity (Wildman–Crippen MR) is 139 cm³/mol. The van der Waals surface area contributed by atoms with Crippen LogP contribution in [0.4, 0.5) is 18.0 Å². The summed E-state index contributed by atoms with van der Waals surface area (Å²) in [5.74, 6) is -1.49. The Balaban J connectivity index is 1.42. The minimum Gasteiger partial charge on any atom is -0.465 e. The first-order chi connectivity index (χ1) is 19.8. The van der Waals surface area contributed by atoms with E-state index in [1.54, 1.807) is 36.5 Å². The lowest BCUT2D eigenvalue weighted by atomic mass is 10.0. The predicted octanol–water partition coefficient (Wildman–Crippen LogP) is 4.75. The molecule has 0 radical (unpaired) electrons. The zero-order valence-electron chi connectivity index (χ0n) is 21.3. The number of fused-ring (bicyclic) bond motifs is 1. The fourth-order valence-electron chi connectivity index (χ4n) is 5.13. The molecule has 1 aliphatic heterocycles. The summed E-state index contributed by atoms with van der Waals surface area (Å²) < 4.78 is 48.9. The van der Waals surface area contributed by atoms with Gasteiger partial charge in [0.25, 0.3) is 5.89 Å². The summed E-state index contributed by atoms with van der Waals surface area (Å²) in [4.78, 5) is 35.2. The van der Waals surface area contributed by atoms with Crippen molar-refractivity contribution in [3.05, 3.63) is 82.9 Å². The fraction of sp³-hybridized carbons (Fsp3) is 0.259. The van der Waals surface area contributed by atoms with Crippen LogP contribution in [0.25, 0.3) is 33.6 Å². The molecule has 11 nitrogen and oxygen atoms in total. The molecule has 1 aromatic carbocycles. The van der Waals surface area contributed by atoms with E-state index in [0.717, 1.165) is 0 Å². The van der Waals surface area contributed by atoms with Crippen molar-refractivity contribution in [1.82, 2.24) is 34.2 Å². The lowest BCUT2D eigenvalue weighted by Crippen LogP contribution is -2.42. The second-order valence-corrected chi connectivity index (χ2v) is 9.61. The highest BCUT2D eigenvalue weighted by molar-refractivity contribution is 5.83. The van der Waals surface area contributed by atoms with E-state index in [9.17, 15) is 23.5 Å². The molecule has 4 aromatic heterocycles. The molecule has 5 heterocycles. The van der Waals surface area contributed by atoms with Gasteiger partial charge in [-0.05, 0) is 37.1 Å². The molecule has 0 bridgehead atoms. The number of halogens is 3. The van der Waals surface area contributed by atoms with E-state index in [-0.39, 0.29) is 24.5 Å². The summed E-state index contributed by atoms with van der Waals surface area (Å²) >= 11 is 0. The molecule has 1 N–H and O–H groups in total. The zero-order chi connectivity index (χ0) is 28.7. The van der Waals surface area contributed by atoms with Crippen LogP contribution in [0.5, 0.6) is 0 Å². The van der Waals surface area contributed by atoms with Crippen molar-refractivity contribution in [2.24, 2.45) is 0 Å². The summed E-state index contributed by atoms with van der Waals surface area (Å²) in [5, 5.41) is 16.5. The third-order valence-electron chi connectivity index (χ3n) is 7.08. The van der Waals surface area contributed by atoms with E-state index in [2.05, 4.69) is 20.2 Å². The molecule has 5 aromatic rings. The first-order valence-electron chi connectivity index (χ1n) is 12.7. The van der Waals surface area contributed by atoms with Crippen molar-refractivity contribution in [2.45, 2.75) is 31.9 Å². The van der Waals surface area contributed by atoms with Gasteiger partial charge in [-0.2, -0.15) is 8.78 Å². The highest BCUT2D eigenvalue weighted by Gasteiger charge is 2.29. The van der Waals surface area contributed by atoms with Crippen molar-refractivity contribution in [3.63, 3.8) is 0 Å². The van der Waals surface area contributed by atoms with Gasteiger partial charge in [-0.1, -0.05) is 6.07 Å². The maximum Gasteiger partial charge on any atom is 0.407 e. The SMILES string of the molecule is O=C(O)N1CCC[C@H](n2c(=O)n(Cc3ccc(-c4nnc(C(F)F)o4)cn3)c3cc(F)c(-c4cccnc4)cc32)C1. The third-order valence-corrected chi connectivity index (χ3v) is 7.08.